The number of hydrogen-bond acceptors (Lipinski definition) is 3. The highest BCUT2D eigenvalue weighted by Gasteiger charge is 2.19. The summed E-state index contributed by atoms with van der Waals surface area (Å²) in [6, 6.07) is 6.81. The second kappa shape index (κ2) is 9.63. The van der Waals surface area contributed by atoms with Crippen molar-refractivity contribution < 1.29 is 0 Å². The molecule has 1 N–H and O–H groups in total. The summed E-state index contributed by atoms with van der Waals surface area (Å²) in [7, 11) is 6.01. The molecule has 0 radical (unpaired) electrons. The molecule has 0 saturated carbocycles. The van der Waals surface area contributed by atoms with Gasteiger partial charge in [-0.1, -0.05) is 13.8 Å². The van der Waals surface area contributed by atoms with E-state index < -0.39 is 0 Å². The van der Waals surface area contributed by atoms with E-state index in [1.165, 1.54) is 11.3 Å². The molecule has 0 aliphatic rings. The molecule has 25 heavy (non-hydrogen) atoms. The summed E-state index contributed by atoms with van der Waals surface area (Å²) in [6.07, 6.45) is 2.08. The van der Waals surface area contributed by atoms with Gasteiger partial charge in [-0.05, 0) is 47.6 Å². The zero-order chi connectivity index (χ0) is 18.2. The van der Waals surface area contributed by atoms with Crippen LogP contribution in [0.2, 0.25) is 0 Å². The molecule has 0 aliphatic heterocycles. The first-order chi connectivity index (χ1) is 12.1. The van der Waals surface area contributed by atoms with Crippen LogP contribution in [0.4, 0.5) is 0 Å². The Balaban J connectivity index is 2.03. The number of nitrogens with one attached hydrogen (secondary N) is 1. The molecule has 5 nitrogen and oxygen atoms in total. The van der Waals surface area contributed by atoms with Crippen LogP contribution in [-0.2, 0) is 13.6 Å². The van der Waals surface area contributed by atoms with Crippen molar-refractivity contribution in [3.63, 3.8) is 0 Å². The lowest BCUT2D eigenvalue weighted by atomic mass is 10.1. The fourth-order valence-corrected chi connectivity index (χ4v) is 3.85. The maximum absolute atomic E-state index is 4.47. The van der Waals surface area contributed by atoms with Gasteiger partial charge in [0.25, 0.3) is 0 Å². The standard InChI is InChI=1S/C19H31N5S/c1-6-24(7-2)18(16-10-12-25-15-16)13-21-19(20-3)23(5)14-17-9-8-11-22(17)4/h8-12,15,18H,6-7,13-14H2,1-5H3,(H,20,21). The molecule has 2 rings (SSSR count). The van der Waals surface area contributed by atoms with Crippen molar-refractivity contribution >= 4 is 17.3 Å². The van der Waals surface area contributed by atoms with Crippen LogP contribution in [0.25, 0.3) is 0 Å². The van der Waals surface area contributed by atoms with Crippen molar-refractivity contribution in [3.05, 3.63) is 46.4 Å². The number of likely N-dealkylation sites (N-methyl/N-ethyl adjacent to an activating group) is 1. The molecule has 6 heteroatoms. The third-order valence-corrected chi connectivity index (χ3v) is 5.36. The number of aliphatic imine (C=N–C) groups is 1. The quantitative estimate of drug-likeness (QED) is 0.579. The Morgan fingerprint density at radius 2 is 2.08 bits per heavy atom. The van der Waals surface area contributed by atoms with Gasteiger partial charge in [0, 0.05) is 39.6 Å². The number of hydrogen-bond donors (Lipinski definition) is 1. The molecule has 0 aromatic carbocycles. The number of nitrogens with zero attached hydrogens (tertiary/aromatic N) is 4. The molecule has 2 aromatic rings. The molecule has 2 aromatic heterocycles. The Kier molecular flexibility index (Phi) is 7.52. The summed E-state index contributed by atoms with van der Waals surface area (Å²) >= 11 is 1.76. The third-order valence-electron chi connectivity index (χ3n) is 4.66. The SMILES string of the molecule is CCN(CC)C(CNC(=NC)N(C)Cc1cccn1C)c1ccsc1. The number of guanidine groups is 1. The van der Waals surface area contributed by atoms with Crippen LogP contribution in [0.15, 0.2) is 40.1 Å². The van der Waals surface area contributed by atoms with Gasteiger partial charge in [0.05, 0.1) is 12.6 Å². The van der Waals surface area contributed by atoms with E-state index in [0.29, 0.717) is 6.04 Å². The molecule has 0 aliphatic carbocycles. The Labute approximate surface area is 156 Å². The highest BCUT2D eigenvalue weighted by Crippen LogP contribution is 2.22. The van der Waals surface area contributed by atoms with Crippen LogP contribution in [-0.4, -0.2) is 54.1 Å². The normalized spacial score (nSPS) is 13.3. The van der Waals surface area contributed by atoms with Gasteiger partial charge in [0.1, 0.15) is 0 Å². The monoisotopic (exact) mass is 361 g/mol. The largest absolute Gasteiger partial charge is 0.354 e. The minimum atomic E-state index is 0.362. The number of aryl methyl sites for hydroxylation is 1. The van der Waals surface area contributed by atoms with Crippen molar-refractivity contribution in [2.75, 3.05) is 33.7 Å². The molecular weight excluding hydrogens is 330 g/mol. The summed E-state index contributed by atoms with van der Waals surface area (Å²) in [5, 5.41) is 7.97. The van der Waals surface area contributed by atoms with E-state index in [4.69, 9.17) is 0 Å². The van der Waals surface area contributed by atoms with Gasteiger partial charge in [-0.25, -0.2) is 0 Å². The van der Waals surface area contributed by atoms with E-state index >= 15 is 0 Å². The number of rotatable bonds is 8. The molecule has 0 spiro atoms. The second-order valence-corrected chi connectivity index (χ2v) is 6.97. The van der Waals surface area contributed by atoms with Crippen LogP contribution in [0.1, 0.15) is 31.1 Å². The average Bonchev–Trinajstić information content (AvgIpc) is 3.27. The lowest BCUT2D eigenvalue weighted by molar-refractivity contribution is 0.218. The van der Waals surface area contributed by atoms with Gasteiger partial charge in [0.15, 0.2) is 5.96 Å². The molecule has 0 bridgehead atoms. The van der Waals surface area contributed by atoms with E-state index in [1.807, 2.05) is 7.05 Å². The van der Waals surface area contributed by atoms with Crippen molar-refractivity contribution in [2.45, 2.75) is 26.4 Å². The lowest BCUT2D eigenvalue weighted by Crippen LogP contribution is -2.43. The van der Waals surface area contributed by atoms with Crippen LogP contribution in [0, 0.1) is 0 Å². The van der Waals surface area contributed by atoms with Crippen molar-refractivity contribution in [1.29, 1.82) is 0 Å². The molecule has 0 fully saturated rings. The predicted molar refractivity (Wildman–Crippen MR) is 108 cm³/mol. The minimum absolute atomic E-state index is 0.362. The van der Waals surface area contributed by atoms with Gasteiger partial charge < -0.3 is 14.8 Å². The second-order valence-electron chi connectivity index (χ2n) is 6.19. The fraction of sp³-hybridized carbons (Fsp3) is 0.526. The predicted octanol–water partition coefficient (Wildman–Crippen LogP) is 3.18. The Morgan fingerprint density at radius 1 is 1.32 bits per heavy atom. The summed E-state index contributed by atoms with van der Waals surface area (Å²) in [5.41, 5.74) is 2.64. The number of aromatic nitrogens is 1. The summed E-state index contributed by atoms with van der Waals surface area (Å²) < 4.78 is 2.15. The average molecular weight is 362 g/mol. The molecule has 0 amide bonds. The molecular formula is C19H31N5S. The lowest BCUT2D eigenvalue weighted by Gasteiger charge is -2.31. The van der Waals surface area contributed by atoms with Gasteiger partial charge in [0.2, 0.25) is 0 Å². The highest BCUT2D eigenvalue weighted by atomic mass is 32.1. The van der Waals surface area contributed by atoms with E-state index in [-0.39, 0.29) is 0 Å². The van der Waals surface area contributed by atoms with E-state index in [1.54, 1.807) is 11.3 Å². The van der Waals surface area contributed by atoms with Gasteiger partial charge in [-0.15, -0.1) is 0 Å². The van der Waals surface area contributed by atoms with Crippen molar-refractivity contribution in [3.8, 4) is 0 Å². The number of thiophene rings is 1. The van der Waals surface area contributed by atoms with Gasteiger partial charge in [-0.2, -0.15) is 11.3 Å². The van der Waals surface area contributed by atoms with Crippen LogP contribution in [0.5, 0.6) is 0 Å². The van der Waals surface area contributed by atoms with E-state index in [2.05, 4.69) is 87.8 Å². The first-order valence-corrected chi connectivity index (χ1v) is 9.83. The smallest absolute Gasteiger partial charge is 0.193 e. The summed E-state index contributed by atoms with van der Waals surface area (Å²) in [4.78, 5) is 9.12. The molecule has 2 heterocycles. The molecule has 138 valence electrons. The topological polar surface area (TPSA) is 35.8 Å². The molecule has 0 saturated heterocycles. The highest BCUT2D eigenvalue weighted by molar-refractivity contribution is 7.07. The van der Waals surface area contributed by atoms with Crippen molar-refractivity contribution in [1.82, 2.24) is 19.7 Å². The van der Waals surface area contributed by atoms with Gasteiger partial charge in [-0.3, -0.25) is 9.89 Å². The zero-order valence-corrected chi connectivity index (χ0v) is 16.9. The summed E-state index contributed by atoms with van der Waals surface area (Å²) in [6.45, 7) is 8.20. The Hall–Kier alpha value is -1.79. The summed E-state index contributed by atoms with van der Waals surface area (Å²) in [5.74, 6) is 0.925. The maximum atomic E-state index is 4.47. The van der Waals surface area contributed by atoms with Crippen molar-refractivity contribution in [2.24, 2.45) is 12.0 Å². The van der Waals surface area contributed by atoms with Crippen LogP contribution in [0.3, 0.4) is 0 Å². The minimum Gasteiger partial charge on any atom is -0.354 e. The van der Waals surface area contributed by atoms with Crippen LogP contribution >= 0.6 is 11.3 Å². The third kappa shape index (κ3) is 5.09. The zero-order valence-electron chi connectivity index (χ0n) is 16.1. The van der Waals surface area contributed by atoms with E-state index in [9.17, 15) is 0 Å². The molecule has 1 unspecified atom stereocenters. The first kappa shape index (κ1) is 19.5. The Bertz CT molecular complexity index is 643. The molecule has 1 atom stereocenters. The fourth-order valence-electron chi connectivity index (χ4n) is 3.14. The van der Waals surface area contributed by atoms with Gasteiger partial charge >= 0.3 is 0 Å². The van der Waals surface area contributed by atoms with E-state index in [0.717, 1.165) is 32.1 Å². The van der Waals surface area contributed by atoms with Crippen LogP contribution < -0.4 is 5.32 Å². The first-order valence-electron chi connectivity index (χ1n) is 8.88. The maximum Gasteiger partial charge on any atom is 0.193 e. The Morgan fingerprint density at radius 3 is 2.60 bits per heavy atom.